The molecule has 424 valence electrons. The van der Waals surface area contributed by atoms with Crippen molar-refractivity contribution in [3.8, 4) is 5.69 Å². The number of aromatic nitrogens is 6. The fourth-order valence-corrected chi connectivity index (χ4v) is 11.8. The van der Waals surface area contributed by atoms with E-state index in [0.717, 1.165) is 42.9 Å². The van der Waals surface area contributed by atoms with Gasteiger partial charge in [0.1, 0.15) is 29.6 Å². The maximum absolute atomic E-state index is 14.3. The van der Waals surface area contributed by atoms with E-state index in [9.17, 15) is 30.3 Å². The van der Waals surface area contributed by atoms with Crippen molar-refractivity contribution >= 4 is 28.6 Å². The number of unbranched alkanes of at least 4 members (excludes halogenated alkanes) is 1. The van der Waals surface area contributed by atoms with Crippen molar-refractivity contribution in [2.24, 2.45) is 17.8 Å². The minimum atomic E-state index is -1.86. The lowest BCUT2D eigenvalue weighted by molar-refractivity contribution is -0.318. The minimum Gasteiger partial charge on any atom is -0.448 e. The van der Waals surface area contributed by atoms with Crippen LogP contribution in [0.5, 0.6) is 0 Å². The number of aliphatic hydroxyl groups is 5. The number of rotatable bonds is 17. The van der Waals surface area contributed by atoms with E-state index in [1.165, 1.54) is 19.6 Å². The summed E-state index contributed by atoms with van der Waals surface area (Å²) < 4.78 is 45.7. The van der Waals surface area contributed by atoms with Gasteiger partial charge in [0.25, 0.3) is 0 Å². The van der Waals surface area contributed by atoms with Crippen molar-refractivity contribution in [1.82, 2.24) is 39.8 Å². The van der Waals surface area contributed by atoms with E-state index in [1.54, 1.807) is 46.4 Å². The zero-order chi connectivity index (χ0) is 55.2. The molecule has 3 fully saturated rings. The highest BCUT2D eigenvalue weighted by molar-refractivity contribution is 14.1. The van der Waals surface area contributed by atoms with Gasteiger partial charge in [-0.3, -0.25) is 9.48 Å². The van der Waals surface area contributed by atoms with Crippen LogP contribution in [0.2, 0.25) is 0 Å². The van der Waals surface area contributed by atoms with Crippen molar-refractivity contribution < 1.29 is 63.5 Å². The van der Waals surface area contributed by atoms with Crippen LogP contribution in [0.3, 0.4) is 0 Å². The molecule has 3 aliphatic heterocycles. The Hall–Kier alpha value is -2.82. The highest BCUT2D eigenvalue weighted by Gasteiger charge is 2.53. The fraction of sp³-hybridized carbons (Fsp3) is 0.792. The highest BCUT2D eigenvalue weighted by atomic mass is 127. The second-order valence-electron chi connectivity index (χ2n) is 22.5. The maximum Gasteiger partial charge on any atom is 0.312 e. The Morgan fingerprint density at radius 3 is 2.25 bits per heavy atom. The molecule has 5 heterocycles. The van der Waals surface area contributed by atoms with Gasteiger partial charge in [0.2, 0.25) is 0 Å². The number of alkyl halides is 1. The number of hydrogen-bond acceptors (Lipinski definition) is 19. The lowest BCUT2D eigenvalue weighted by atomic mass is 9.77. The number of methoxy groups -OCH3 is 2. The average molecular weight is 1170 g/mol. The Bertz CT molecular complexity index is 2240. The van der Waals surface area contributed by atoms with Crippen LogP contribution in [-0.4, -0.2) is 201 Å². The third-order valence-electron chi connectivity index (χ3n) is 16.0. The molecular formula is C53H87IN8O13. The van der Waals surface area contributed by atoms with E-state index in [4.69, 9.17) is 33.2 Å². The van der Waals surface area contributed by atoms with Gasteiger partial charge >= 0.3 is 5.97 Å². The van der Waals surface area contributed by atoms with E-state index in [0.29, 0.717) is 32.5 Å². The molecule has 0 spiro atoms. The van der Waals surface area contributed by atoms with E-state index in [1.807, 2.05) is 91.6 Å². The van der Waals surface area contributed by atoms with Crippen LogP contribution in [-0.2, 0) is 63.9 Å². The first-order valence-electron chi connectivity index (χ1n) is 26.6. The first kappa shape index (κ1) is 61.4. The fourth-order valence-electron chi connectivity index (χ4n) is 11.1. The second kappa shape index (κ2) is 26.4. The summed E-state index contributed by atoms with van der Waals surface area (Å²) >= 11 is 1.83. The summed E-state index contributed by atoms with van der Waals surface area (Å²) in [6, 6.07) is 7.33. The molecule has 0 unspecified atom stereocenters. The van der Waals surface area contributed by atoms with Crippen LogP contribution in [0.25, 0.3) is 5.69 Å². The number of benzene rings is 1. The molecule has 75 heavy (non-hydrogen) atoms. The molecular weight excluding hydrogens is 1080 g/mol. The van der Waals surface area contributed by atoms with Crippen LogP contribution in [0.15, 0.2) is 36.7 Å². The quantitative estimate of drug-likeness (QED) is 0.0558. The number of carbonyl (C=O) groups is 1. The molecule has 6 rings (SSSR count). The first-order chi connectivity index (χ1) is 35.3. The molecule has 0 amide bonds. The van der Waals surface area contributed by atoms with E-state index in [-0.39, 0.29) is 24.9 Å². The third-order valence-corrected chi connectivity index (χ3v) is 17.5. The van der Waals surface area contributed by atoms with Crippen LogP contribution < -0.4 is 0 Å². The van der Waals surface area contributed by atoms with Gasteiger partial charge in [0.05, 0.1) is 65.7 Å². The third kappa shape index (κ3) is 15.3. The normalized spacial score (nSPS) is 38.0. The SMILES string of the molecule is COCc1cn(-c2ccc(CCCCn3cc(CCN(C)[C@H]4C[C@@H](C)O[C@@H](O[C@@H]5[C@@H](C)[C@H](O[C@H]6C[C@@](C)(OC)[C@@H](O)[C@H](C)O6)[C@@H](C)C(=O)O[C@H](I)[C@@](C)(O)[C@H](O)[C@@H](C)N(C)C[C@H](C)C[C@@]5(C)O)[C@@H]4O)nn3)cc2)nn1. The number of nitrogens with zero attached hydrogens (tertiary/aromatic N) is 8. The largest absolute Gasteiger partial charge is 0.448 e. The maximum atomic E-state index is 14.3. The van der Waals surface area contributed by atoms with E-state index >= 15 is 0 Å². The van der Waals surface area contributed by atoms with Gasteiger partial charge in [-0.15, -0.1) is 10.2 Å². The monoisotopic (exact) mass is 1170 g/mol. The molecule has 21 nitrogen and oxygen atoms in total. The lowest BCUT2D eigenvalue weighted by Crippen LogP contribution is -2.60. The summed E-state index contributed by atoms with van der Waals surface area (Å²) in [6.07, 6.45) is -0.836. The van der Waals surface area contributed by atoms with Crippen molar-refractivity contribution in [2.75, 3.05) is 41.4 Å². The predicted octanol–water partition coefficient (Wildman–Crippen LogP) is 3.84. The Morgan fingerprint density at radius 1 is 0.880 bits per heavy atom. The van der Waals surface area contributed by atoms with Crippen LogP contribution in [0.1, 0.15) is 111 Å². The highest BCUT2D eigenvalue weighted by Crippen LogP contribution is 2.40. The van der Waals surface area contributed by atoms with Crippen LogP contribution >= 0.6 is 22.6 Å². The summed E-state index contributed by atoms with van der Waals surface area (Å²) in [5, 5.41) is 76.6. The first-order valence-corrected chi connectivity index (χ1v) is 27.8. The van der Waals surface area contributed by atoms with Gasteiger partial charge in [0, 0.05) is 70.9 Å². The molecule has 3 aliphatic rings. The summed E-state index contributed by atoms with van der Waals surface area (Å²) in [5.74, 6) is -2.79. The molecule has 1 aromatic carbocycles. The Balaban J connectivity index is 1.15. The number of halogens is 1. The molecule has 18 atom stereocenters. The van der Waals surface area contributed by atoms with Gasteiger partial charge in [-0.25, -0.2) is 4.68 Å². The van der Waals surface area contributed by atoms with Crippen LogP contribution in [0, 0.1) is 17.8 Å². The molecule has 3 saturated heterocycles. The van der Waals surface area contributed by atoms with E-state index < -0.39 is 100 Å². The van der Waals surface area contributed by atoms with Gasteiger partial charge in [-0.05, 0) is 141 Å². The number of aryl methyl sites for hydroxylation is 2. The second-order valence-corrected chi connectivity index (χ2v) is 23.7. The lowest BCUT2D eigenvalue weighted by Gasteiger charge is -2.49. The standard InChI is InChI=1S/C53H87IN8O13/c1-31-25-51(7,67)47(33(3)44(73-42-26-52(8,70-13)46(65)36(6)72-42)34(4)48(66)75-50(54)53(9,68)45(64)35(5)60(11)27-31)74-49-43(63)41(24-32(2)71-49)59(10)23-21-38-28-61(57-55-38)22-15-14-16-37-17-19-40(20-18-37)62-29-39(30-69-12)56-58-62/h17-20,28-29,31-36,41-47,49-50,63-65,67-68H,14-16,21-27,30H2,1-13H3/t31-,32-,33+,34-,35-,36+,41+,42+,43-,44+,45-,46+,47-,49+,50+,51-,52-,53+/m1/s1. The van der Waals surface area contributed by atoms with Gasteiger partial charge in [-0.2, -0.15) is 0 Å². The number of likely N-dealkylation sites (N-methyl/N-ethyl adjacent to an activating group) is 2. The zero-order valence-electron chi connectivity index (χ0n) is 46.4. The molecule has 22 heteroatoms. The van der Waals surface area contributed by atoms with Crippen molar-refractivity contribution in [3.63, 3.8) is 0 Å². The number of cyclic esters (lactones) is 1. The number of esters is 1. The predicted molar refractivity (Wildman–Crippen MR) is 286 cm³/mol. The Labute approximate surface area is 457 Å². The van der Waals surface area contributed by atoms with Crippen molar-refractivity contribution in [1.29, 1.82) is 0 Å². The summed E-state index contributed by atoms with van der Waals surface area (Å²) in [7, 11) is 6.92. The Morgan fingerprint density at radius 2 is 1.57 bits per heavy atom. The van der Waals surface area contributed by atoms with Crippen molar-refractivity contribution in [3.05, 3.63) is 53.6 Å². The molecule has 0 radical (unpaired) electrons. The van der Waals surface area contributed by atoms with Crippen molar-refractivity contribution in [2.45, 2.75) is 209 Å². The Kier molecular flexibility index (Phi) is 21.6. The molecule has 3 aromatic rings. The topological polar surface area (TPSA) is 251 Å². The van der Waals surface area contributed by atoms with Gasteiger partial charge in [0.15, 0.2) is 16.7 Å². The smallest absolute Gasteiger partial charge is 0.312 e. The molecule has 0 saturated carbocycles. The van der Waals surface area contributed by atoms with Gasteiger partial charge < -0.3 is 68.5 Å². The minimum absolute atomic E-state index is 0.103. The van der Waals surface area contributed by atoms with Crippen LogP contribution in [0.4, 0.5) is 0 Å². The molecule has 5 N–H and O–H groups in total. The molecule has 0 aliphatic carbocycles. The summed E-state index contributed by atoms with van der Waals surface area (Å²) in [4.78, 5) is 18.3. The summed E-state index contributed by atoms with van der Waals surface area (Å²) in [6.45, 7) is 17.9. The molecule has 2 aromatic heterocycles. The average Bonchev–Trinajstić information content (AvgIpc) is 4.04. The van der Waals surface area contributed by atoms with Gasteiger partial charge in [-0.1, -0.05) is 36.4 Å². The summed E-state index contributed by atoms with van der Waals surface area (Å²) in [5.41, 5.74) is -0.761. The number of ether oxygens (including phenoxy) is 7. The zero-order valence-corrected chi connectivity index (χ0v) is 48.5. The number of carbonyl (C=O) groups excluding carboxylic acids is 1. The van der Waals surface area contributed by atoms with E-state index in [2.05, 4.69) is 37.7 Å². The molecule has 0 bridgehead atoms. The number of hydrogen-bond donors (Lipinski definition) is 5. The number of aliphatic hydroxyl groups excluding tert-OH is 3.